The van der Waals surface area contributed by atoms with E-state index in [0.717, 1.165) is 12.8 Å². The van der Waals surface area contributed by atoms with E-state index in [0.29, 0.717) is 36.9 Å². The standard InChI is InChI=1S/C23H29N3O5/c1-3-12-25(23(28)24-18-8-10-19(29-2)11-9-18)17-22(27)26(15-20-6-4-13-30-20)16-21-7-5-14-31-21/h3-4,6,8-11,13,21H,1,5,7,12,14-17H2,2H3,(H,24,28). The molecule has 1 aliphatic rings. The zero-order valence-electron chi connectivity index (χ0n) is 17.8. The van der Waals surface area contributed by atoms with E-state index >= 15 is 0 Å². The fraction of sp³-hybridized carbons (Fsp3) is 0.391. The van der Waals surface area contributed by atoms with Gasteiger partial charge in [-0.3, -0.25) is 4.79 Å². The predicted octanol–water partition coefficient (Wildman–Crippen LogP) is 3.52. The van der Waals surface area contributed by atoms with E-state index in [1.807, 2.05) is 6.07 Å². The fourth-order valence-corrected chi connectivity index (χ4v) is 3.39. The highest BCUT2D eigenvalue weighted by atomic mass is 16.5. The van der Waals surface area contributed by atoms with Gasteiger partial charge in [-0.25, -0.2) is 4.79 Å². The van der Waals surface area contributed by atoms with E-state index in [9.17, 15) is 9.59 Å². The summed E-state index contributed by atoms with van der Waals surface area (Å²) in [7, 11) is 1.58. The number of hydrogen-bond acceptors (Lipinski definition) is 5. The summed E-state index contributed by atoms with van der Waals surface area (Å²) >= 11 is 0. The molecule has 0 bridgehead atoms. The number of nitrogens with zero attached hydrogens (tertiary/aromatic N) is 2. The third-order valence-corrected chi connectivity index (χ3v) is 5.03. The van der Waals surface area contributed by atoms with Gasteiger partial charge in [0.05, 0.1) is 26.0 Å². The summed E-state index contributed by atoms with van der Waals surface area (Å²) < 4.78 is 16.3. The van der Waals surface area contributed by atoms with Crippen LogP contribution in [0.3, 0.4) is 0 Å². The molecule has 0 aliphatic carbocycles. The molecule has 1 atom stereocenters. The van der Waals surface area contributed by atoms with Crippen LogP contribution in [0, 0.1) is 0 Å². The highest BCUT2D eigenvalue weighted by Gasteiger charge is 2.26. The molecule has 31 heavy (non-hydrogen) atoms. The first kappa shape index (κ1) is 22.4. The molecule has 8 nitrogen and oxygen atoms in total. The number of amides is 3. The van der Waals surface area contributed by atoms with Gasteiger partial charge in [-0.05, 0) is 49.2 Å². The van der Waals surface area contributed by atoms with E-state index < -0.39 is 0 Å². The lowest BCUT2D eigenvalue weighted by Gasteiger charge is -2.28. The second-order valence-corrected chi connectivity index (χ2v) is 7.32. The highest BCUT2D eigenvalue weighted by molar-refractivity contribution is 5.92. The van der Waals surface area contributed by atoms with Crippen LogP contribution in [0.4, 0.5) is 10.5 Å². The molecule has 1 fully saturated rings. The topological polar surface area (TPSA) is 84.2 Å². The Morgan fingerprint density at radius 3 is 2.68 bits per heavy atom. The molecular formula is C23H29N3O5. The van der Waals surface area contributed by atoms with Gasteiger partial charge in [-0.15, -0.1) is 6.58 Å². The van der Waals surface area contributed by atoms with Crippen molar-refractivity contribution in [1.82, 2.24) is 9.80 Å². The van der Waals surface area contributed by atoms with Crippen LogP contribution in [-0.4, -0.2) is 61.2 Å². The number of hydrogen-bond donors (Lipinski definition) is 1. The van der Waals surface area contributed by atoms with Crippen molar-refractivity contribution in [1.29, 1.82) is 0 Å². The van der Waals surface area contributed by atoms with Gasteiger partial charge in [0.15, 0.2) is 0 Å². The molecule has 1 aliphatic heterocycles. The second kappa shape index (κ2) is 11.2. The molecule has 2 heterocycles. The van der Waals surface area contributed by atoms with Crippen LogP contribution < -0.4 is 10.1 Å². The summed E-state index contributed by atoms with van der Waals surface area (Å²) in [6.45, 7) is 5.36. The van der Waals surface area contributed by atoms with Crippen molar-refractivity contribution in [2.45, 2.75) is 25.5 Å². The number of methoxy groups -OCH3 is 1. The van der Waals surface area contributed by atoms with Crippen molar-refractivity contribution in [3.8, 4) is 5.75 Å². The number of urea groups is 1. The number of anilines is 1. The summed E-state index contributed by atoms with van der Waals surface area (Å²) in [5.74, 6) is 1.20. The maximum Gasteiger partial charge on any atom is 0.322 e. The normalized spacial score (nSPS) is 15.3. The Morgan fingerprint density at radius 1 is 1.26 bits per heavy atom. The van der Waals surface area contributed by atoms with Gasteiger partial charge in [0.1, 0.15) is 18.1 Å². The molecule has 0 saturated carbocycles. The third-order valence-electron chi connectivity index (χ3n) is 5.03. The van der Waals surface area contributed by atoms with Crippen molar-refractivity contribution in [2.24, 2.45) is 0 Å². The Balaban J connectivity index is 1.65. The minimum atomic E-state index is -0.381. The molecule has 8 heteroatoms. The molecule has 0 radical (unpaired) electrons. The molecular weight excluding hydrogens is 398 g/mol. The van der Waals surface area contributed by atoms with Crippen molar-refractivity contribution < 1.29 is 23.5 Å². The molecule has 1 saturated heterocycles. The van der Waals surface area contributed by atoms with Crippen LogP contribution in [-0.2, 0) is 16.1 Å². The van der Waals surface area contributed by atoms with Crippen LogP contribution in [0.5, 0.6) is 5.75 Å². The monoisotopic (exact) mass is 427 g/mol. The van der Waals surface area contributed by atoms with E-state index in [1.165, 1.54) is 4.90 Å². The minimum Gasteiger partial charge on any atom is -0.497 e. The number of rotatable bonds is 10. The van der Waals surface area contributed by atoms with Crippen molar-refractivity contribution >= 4 is 17.6 Å². The van der Waals surface area contributed by atoms with Gasteiger partial charge in [-0.1, -0.05) is 6.08 Å². The summed E-state index contributed by atoms with van der Waals surface area (Å²) in [6.07, 6.45) is 5.07. The average molecular weight is 428 g/mol. The zero-order valence-corrected chi connectivity index (χ0v) is 17.8. The molecule has 3 rings (SSSR count). The number of carbonyl (C=O) groups excluding carboxylic acids is 2. The number of ether oxygens (including phenoxy) is 2. The van der Waals surface area contributed by atoms with Gasteiger partial charge >= 0.3 is 6.03 Å². The average Bonchev–Trinajstić information content (AvgIpc) is 3.48. The third kappa shape index (κ3) is 6.62. The van der Waals surface area contributed by atoms with Gasteiger partial charge < -0.3 is 29.0 Å². The van der Waals surface area contributed by atoms with Crippen LogP contribution in [0.15, 0.2) is 59.7 Å². The van der Waals surface area contributed by atoms with Crippen LogP contribution in [0.1, 0.15) is 18.6 Å². The number of furan rings is 1. The maximum atomic E-state index is 13.1. The van der Waals surface area contributed by atoms with Crippen LogP contribution in [0.25, 0.3) is 0 Å². The summed E-state index contributed by atoms with van der Waals surface area (Å²) in [6, 6.07) is 10.2. The summed E-state index contributed by atoms with van der Waals surface area (Å²) in [5.41, 5.74) is 0.610. The molecule has 3 amide bonds. The zero-order chi connectivity index (χ0) is 22.1. The minimum absolute atomic E-state index is 0.0000998. The number of nitrogens with one attached hydrogen (secondary N) is 1. The molecule has 1 aromatic heterocycles. The molecule has 166 valence electrons. The number of benzene rings is 1. The SMILES string of the molecule is C=CCN(CC(=O)N(Cc1ccco1)CC1CCCO1)C(=O)Nc1ccc(OC)cc1. The van der Waals surface area contributed by atoms with Crippen LogP contribution >= 0.6 is 0 Å². The Labute approximate surface area is 182 Å². The Bertz CT molecular complexity index is 845. The smallest absolute Gasteiger partial charge is 0.322 e. The van der Waals surface area contributed by atoms with Crippen LogP contribution in [0.2, 0.25) is 0 Å². The Morgan fingerprint density at radius 2 is 2.06 bits per heavy atom. The molecule has 0 spiro atoms. The Hall–Kier alpha value is -3.26. The molecule has 1 aromatic carbocycles. The van der Waals surface area contributed by atoms with E-state index in [2.05, 4.69) is 11.9 Å². The summed E-state index contributed by atoms with van der Waals surface area (Å²) in [4.78, 5) is 29.0. The van der Waals surface area contributed by atoms with Gasteiger partial charge in [0.2, 0.25) is 5.91 Å². The first-order valence-electron chi connectivity index (χ1n) is 10.3. The van der Waals surface area contributed by atoms with E-state index in [-0.39, 0.29) is 31.1 Å². The lowest BCUT2D eigenvalue weighted by molar-refractivity contribution is -0.134. The molecule has 2 aromatic rings. The Kier molecular flexibility index (Phi) is 8.12. The lowest BCUT2D eigenvalue weighted by atomic mass is 10.2. The molecule has 1 unspecified atom stereocenters. The largest absolute Gasteiger partial charge is 0.497 e. The van der Waals surface area contributed by atoms with Gasteiger partial charge in [0.25, 0.3) is 0 Å². The maximum absolute atomic E-state index is 13.1. The van der Waals surface area contributed by atoms with Gasteiger partial charge in [0, 0.05) is 25.4 Å². The first-order valence-corrected chi connectivity index (χ1v) is 10.3. The van der Waals surface area contributed by atoms with E-state index in [4.69, 9.17) is 13.9 Å². The summed E-state index contributed by atoms with van der Waals surface area (Å²) in [5, 5.41) is 2.81. The van der Waals surface area contributed by atoms with Gasteiger partial charge in [-0.2, -0.15) is 0 Å². The van der Waals surface area contributed by atoms with E-state index in [1.54, 1.807) is 54.7 Å². The second-order valence-electron chi connectivity index (χ2n) is 7.32. The van der Waals surface area contributed by atoms with Crippen molar-refractivity contribution in [3.63, 3.8) is 0 Å². The fourth-order valence-electron chi connectivity index (χ4n) is 3.39. The predicted molar refractivity (Wildman–Crippen MR) is 117 cm³/mol. The quantitative estimate of drug-likeness (QED) is 0.587. The van der Waals surface area contributed by atoms with Crippen molar-refractivity contribution in [3.05, 3.63) is 61.1 Å². The van der Waals surface area contributed by atoms with Crippen molar-refractivity contribution in [2.75, 3.05) is 38.7 Å². The molecule has 1 N–H and O–H groups in total. The first-order chi connectivity index (χ1) is 15.1. The lowest BCUT2D eigenvalue weighted by Crippen LogP contribution is -2.46. The highest BCUT2D eigenvalue weighted by Crippen LogP contribution is 2.17. The number of carbonyl (C=O) groups is 2.